The Hall–Kier alpha value is -3.51. The molecule has 4 rings (SSSR count). The third-order valence-corrected chi connectivity index (χ3v) is 7.31. The van der Waals surface area contributed by atoms with E-state index >= 15 is 0 Å². The quantitative estimate of drug-likeness (QED) is 0.372. The topological polar surface area (TPSA) is 123 Å². The highest BCUT2D eigenvalue weighted by Crippen LogP contribution is 2.37. The Bertz CT molecular complexity index is 1210. The molecule has 0 bridgehead atoms. The van der Waals surface area contributed by atoms with Gasteiger partial charge in [-0.1, -0.05) is 11.8 Å². The van der Waals surface area contributed by atoms with Gasteiger partial charge in [0.1, 0.15) is 0 Å². The summed E-state index contributed by atoms with van der Waals surface area (Å²) >= 11 is 2.63. The van der Waals surface area contributed by atoms with Crippen LogP contribution in [0.1, 0.15) is 16.1 Å². The molecular formula is C21H19N5O5S2. The highest BCUT2D eigenvalue weighted by atomic mass is 32.2. The van der Waals surface area contributed by atoms with E-state index in [1.54, 1.807) is 29.2 Å². The van der Waals surface area contributed by atoms with Crippen molar-refractivity contribution in [2.24, 2.45) is 0 Å². The standard InChI is InChI=1S/C21H19N5O5S2/c1-14-13-32-21(22-14)33-19-7-2-15(12-18(19)26(30)31)20(27)24-10-8-23(9-11-24)16-3-5-17(6-4-16)25(28)29/h2-7,12-13H,8-11H2,1H3. The molecule has 0 aliphatic carbocycles. The van der Waals surface area contributed by atoms with Gasteiger partial charge in [-0.15, -0.1) is 11.3 Å². The van der Waals surface area contributed by atoms with Crippen molar-refractivity contribution >= 4 is 46.1 Å². The Morgan fingerprint density at radius 1 is 1.03 bits per heavy atom. The molecule has 0 atom stereocenters. The van der Waals surface area contributed by atoms with Crippen LogP contribution >= 0.6 is 23.1 Å². The fraction of sp³-hybridized carbons (Fsp3) is 0.238. The van der Waals surface area contributed by atoms with Crippen molar-refractivity contribution in [2.75, 3.05) is 31.1 Å². The van der Waals surface area contributed by atoms with Crippen LogP contribution in [-0.4, -0.2) is 51.8 Å². The van der Waals surface area contributed by atoms with E-state index in [1.165, 1.54) is 41.3 Å². The van der Waals surface area contributed by atoms with E-state index in [0.29, 0.717) is 35.4 Å². The van der Waals surface area contributed by atoms with E-state index in [0.717, 1.165) is 11.4 Å². The zero-order chi connectivity index (χ0) is 23.5. The van der Waals surface area contributed by atoms with Crippen LogP contribution in [0.3, 0.4) is 0 Å². The van der Waals surface area contributed by atoms with Crippen molar-refractivity contribution < 1.29 is 14.6 Å². The molecular weight excluding hydrogens is 466 g/mol. The summed E-state index contributed by atoms with van der Waals surface area (Å²) in [5.41, 5.74) is 1.88. The molecule has 2 aromatic carbocycles. The van der Waals surface area contributed by atoms with E-state index in [4.69, 9.17) is 0 Å². The lowest BCUT2D eigenvalue weighted by atomic mass is 10.1. The van der Waals surface area contributed by atoms with E-state index < -0.39 is 9.85 Å². The lowest BCUT2D eigenvalue weighted by Gasteiger charge is -2.36. The molecule has 2 heterocycles. The van der Waals surface area contributed by atoms with Crippen LogP contribution < -0.4 is 4.90 Å². The first-order chi connectivity index (χ1) is 15.8. The molecule has 1 saturated heterocycles. The van der Waals surface area contributed by atoms with Crippen molar-refractivity contribution in [3.63, 3.8) is 0 Å². The van der Waals surface area contributed by atoms with Gasteiger partial charge in [-0.2, -0.15) is 0 Å². The van der Waals surface area contributed by atoms with Gasteiger partial charge in [0.25, 0.3) is 17.3 Å². The number of aromatic nitrogens is 1. The second kappa shape index (κ2) is 9.55. The molecule has 10 nitrogen and oxygen atoms in total. The second-order valence-corrected chi connectivity index (χ2v) is 9.50. The van der Waals surface area contributed by atoms with E-state index in [1.807, 2.05) is 17.2 Å². The number of aryl methyl sites for hydroxylation is 1. The van der Waals surface area contributed by atoms with Crippen LogP contribution in [0.25, 0.3) is 0 Å². The number of carbonyl (C=O) groups excluding carboxylic acids is 1. The van der Waals surface area contributed by atoms with Gasteiger partial charge in [0.05, 0.1) is 14.7 Å². The predicted molar refractivity (Wildman–Crippen MR) is 125 cm³/mol. The number of anilines is 1. The number of piperazine rings is 1. The third kappa shape index (κ3) is 5.12. The summed E-state index contributed by atoms with van der Waals surface area (Å²) in [7, 11) is 0. The molecule has 0 unspecified atom stereocenters. The summed E-state index contributed by atoms with van der Waals surface area (Å²) in [5, 5.41) is 24.3. The molecule has 3 aromatic rings. The minimum Gasteiger partial charge on any atom is -0.368 e. The molecule has 1 amide bonds. The number of nitrogens with zero attached hydrogens (tertiary/aromatic N) is 5. The summed E-state index contributed by atoms with van der Waals surface area (Å²) in [5.74, 6) is -0.261. The number of carbonyl (C=O) groups is 1. The normalized spacial score (nSPS) is 13.7. The number of nitro groups is 2. The molecule has 12 heteroatoms. The summed E-state index contributed by atoms with van der Waals surface area (Å²) in [6.45, 7) is 3.86. The number of thiazole rings is 1. The average Bonchev–Trinajstić information content (AvgIpc) is 3.23. The average molecular weight is 486 g/mol. The SMILES string of the molecule is Cc1csc(Sc2ccc(C(=O)N3CCN(c4ccc([N+](=O)[O-])cc4)CC3)cc2[N+](=O)[O-])n1. The Morgan fingerprint density at radius 2 is 1.73 bits per heavy atom. The number of hydrogen-bond acceptors (Lipinski definition) is 9. The first-order valence-corrected chi connectivity index (χ1v) is 11.7. The molecule has 0 saturated carbocycles. The zero-order valence-corrected chi connectivity index (χ0v) is 19.2. The second-order valence-electron chi connectivity index (χ2n) is 7.35. The van der Waals surface area contributed by atoms with Crippen molar-refractivity contribution in [3.8, 4) is 0 Å². The first kappa shape index (κ1) is 22.7. The van der Waals surface area contributed by atoms with Crippen LogP contribution in [0.2, 0.25) is 0 Å². The minimum absolute atomic E-state index is 0.0285. The molecule has 1 fully saturated rings. The molecule has 170 valence electrons. The van der Waals surface area contributed by atoms with Crippen molar-refractivity contribution in [1.82, 2.24) is 9.88 Å². The van der Waals surface area contributed by atoms with Crippen LogP contribution in [0.15, 0.2) is 57.1 Å². The van der Waals surface area contributed by atoms with Crippen LogP contribution in [0, 0.1) is 27.2 Å². The number of rotatable bonds is 6. The molecule has 0 N–H and O–H groups in total. The number of hydrogen-bond donors (Lipinski definition) is 0. The van der Waals surface area contributed by atoms with Gasteiger partial charge in [0, 0.05) is 66.7 Å². The maximum atomic E-state index is 13.0. The number of benzene rings is 2. The molecule has 33 heavy (non-hydrogen) atoms. The zero-order valence-electron chi connectivity index (χ0n) is 17.5. The predicted octanol–water partition coefficient (Wildman–Crippen LogP) is 4.38. The molecule has 0 spiro atoms. The van der Waals surface area contributed by atoms with Gasteiger partial charge >= 0.3 is 0 Å². The fourth-order valence-electron chi connectivity index (χ4n) is 3.49. The highest BCUT2D eigenvalue weighted by Gasteiger charge is 2.25. The molecule has 1 aliphatic rings. The van der Waals surface area contributed by atoms with Gasteiger partial charge in [-0.05, 0) is 31.2 Å². The Balaban J connectivity index is 1.44. The number of amides is 1. The van der Waals surface area contributed by atoms with Crippen LogP contribution in [0.4, 0.5) is 17.1 Å². The van der Waals surface area contributed by atoms with E-state index in [2.05, 4.69) is 4.98 Å². The molecule has 0 radical (unpaired) electrons. The summed E-state index contributed by atoms with van der Waals surface area (Å²) in [4.78, 5) is 43.0. The fourth-order valence-corrected chi connectivity index (χ4v) is 5.37. The van der Waals surface area contributed by atoms with E-state index in [9.17, 15) is 25.0 Å². The Kier molecular flexibility index (Phi) is 6.56. The summed E-state index contributed by atoms with van der Waals surface area (Å²) < 4.78 is 0.706. The Morgan fingerprint density at radius 3 is 2.30 bits per heavy atom. The van der Waals surface area contributed by atoms with Gasteiger partial charge in [0.2, 0.25) is 0 Å². The number of non-ortho nitro benzene ring substituents is 1. The third-order valence-electron chi connectivity index (χ3n) is 5.19. The summed E-state index contributed by atoms with van der Waals surface area (Å²) in [6, 6.07) is 10.8. The highest BCUT2D eigenvalue weighted by molar-refractivity contribution is 8.01. The maximum absolute atomic E-state index is 13.0. The van der Waals surface area contributed by atoms with Crippen LogP contribution in [0.5, 0.6) is 0 Å². The van der Waals surface area contributed by atoms with Crippen molar-refractivity contribution in [3.05, 3.63) is 79.3 Å². The monoisotopic (exact) mass is 485 g/mol. The van der Waals surface area contributed by atoms with Crippen molar-refractivity contribution in [1.29, 1.82) is 0 Å². The number of nitro benzene ring substituents is 2. The van der Waals surface area contributed by atoms with Gasteiger partial charge in [-0.3, -0.25) is 25.0 Å². The van der Waals surface area contributed by atoms with Gasteiger partial charge < -0.3 is 9.80 Å². The van der Waals surface area contributed by atoms with Crippen LogP contribution in [-0.2, 0) is 0 Å². The largest absolute Gasteiger partial charge is 0.368 e. The van der Waals surface area contributed by atoms with Crippen molar-refractivity contribution in [2.45, 2.75) is 16.2 Å². The van der Waals surface area contributed by atoms with E-state index in [-0.39, 0.29) is 22.8 Å². The van der Waals surface area contributed by atoms with Gasteiger partial charge in [-0.25, -0.2) is 4.98 Å². The molecule has 1 aromatic heterocycles. The van der Waals surface area contributed by atoms with Gasteiger partial charge in [0.15, 0.2) is 4.34 Å². The molecule has 1 aliphatic heterocycles. The minimum atomic E-state index is -0.480. The lowest BCUT2D eigenvalue weighted by Crippen LogP contribution is -2.48. The Labute approximate surface area is 197 Å². The lowest BCUT2D eigenvalue weighted by molar-refractivity contribution is -0.387. The first-order valence-electron chi connectivity index (χ1n) is 9.99. The summed E-state index contributed by atoms with van der Waals surface area (Å²) in [6.07, 6.45) is 0. The smallest absolute Gasteiger partial charge is 0.284 e. The maximum Gasteiger partial charge on any atom is 0.284 e.